The summed E-state index contributed by atoms with van der Waals surface area (Å²) in [5.74, 6) is 3.10. The fourth-order valence-electron chi connectivity index (χ4n) is 3.72. The predicted molar refractivity (Wildman–Crippen MR) is 92.5 cm³/mol. The van der Waals surface area contributed by atoms with E-state index in [0.29, 0.717) is 12.0 Å². The Kier molecular flexibility index (Phi) is 5.87. The minimum absolute atomic E-state index is 0.336. The molecule has 0 bridgehead atoms. The average molecular weight is 287 g/mol. The lowest BCUT2D eigenvalue weighted by Crippen LogP contribution is -2.35. The number of hydrogen-bond donors (Lipinski definition) is 1. The molecule has 1 saturated carbocycles. The highest BCUT2D eigenvalue weighted by molar-refractivity contribution is 5.25. The van der Waals surface area contributed by atoms with Crippen molar-refractivity contribution in [3.63, 3.8) is 0 Å². The van der Waals surface area contributed by atoms with Crippen LogP contribution in [0.25, 0.3) is 0 Å². The van der Waals surface area contributed by atoms with Crippen molar-refractivity contribution in [2.75, 3.05) is 0 Å². The smallest absolute Gasteiger partial charge is 0.0108 e. The molecule has 0 spiro atoms. The van der Waals surface area contributed by atoms with Crippen molar-refractivity contribution in [1.82, 2.24) is 0 Å². The summed E-state index contributed by atoms with van der Waals surface area (Å²) in [6, 6.07) is 9.41. The first-order valence-corrected chi connectivity index (χ1v) is 8.81. The Morgan fingerprint density at radius 3 is 1.90 bits per heavy atom. The molecule has 118 valence electrons. The van der Waals surface area contributed by atoms with Crippen molar-refractivity contribution >= 4 is 0 Å². The third-order valence-electron chi connectivity index (χ3n) is 5.48. The number of hydrogen-bond acceptors (Lipinski definition) is 1. The highest BCUT2D eigenvalue weighted by Crippen LogP contribution is 2.35. The Bertz CT molecular complexity index is 410. The molecule has 1 aromatic rings. The molecule has 21 heavy (non-hydrogen) atoms. The lowest BCUT2D eigenvalue weighted by atomic mass is 9.74. The lowest BCUT2D eigenvalue weighted by molar-refractivity contribution is 0.202. The molecule has 0 aromatic heterocycles. The first-order valence-electron chi connectivity index (χ1n) is 8.81. The van der Waals surface area contributed by atoms with Crippen LogP contribution in [0.5, 0.6) is 0 Å². The molecular formula is C20H33N. The van der Waals surface area contributed by atoms with Crippen molar-refractivity contribution in [1.29, 1.82) is 0 Å². The van der Waals surface area contributed by atoms with Gasteiger partial charge in [0.1, 0.15) is 0 Å². The second kappa shape index (κ2) is 7.45. The number of rotatable bonds is 5. The van der Waals surface area contributed by atoms with Crippen LogP contribution in [0.3, 0.4) is 0 Å². The standard InChI is InChI=1S/C20H33N/c1-14(2)17-7-5-16(6-8-17)13-20(21)19-11-9-18(10-12-19)15(3)4/h5-8,14-15,18-20H,9-13,21H2,1-4H3. The quantitative estimate of drug-likeness (QED) is 0.797. The average Bonchev–Trinajstić information content (AvgIpc) is 2.47. The van der Waals surface area contributed by atoms with Gasteiger partial charge in [0.25, 0.3) is 0 Å². The minimum Gasteiger partial charge on any atom is -0.327 e. The van der Waals surface area contributed by atoms with Crippen LogP contribution >= 0.6 is 0 Å². The van der Waals surface area contributed by atoms with Crippen molar-refractivity contribution in [2.45, 2.75) is 71.8 Å². The summed E-state index contributed by atoms with van der Waals surface area (Å²) in [4.78, 5) is 0. The molecule has 2 rings (SSSR count). The Balaban J connectivity index is 1.85. The second-order valence-electron chi connectivity index (χ2n) is 7.68. The summed E-state index contributed by atoms with van der Waals surface area (Å²) in [6.07, 6.45) is 6.45. The molecule has 0 amide bonds. The van der Waals surface area contributed by atoms with Crippen LogP contribution in [0.4, 0.5) is 0 Å². The van der Waals surface area contributed by atoms with Gasteiger partial charge in [-0.25, -0.2) is 0 Å². The van der Waals surface area contributed by atoms with E-state index in [9.17, 15) is 0 Å². The third-order valence-corrected chi connectivity index (χ3v) is 5.48. The highest BCUT2D eigenvalue weighted by atomic mass is 14.7. The molecule has 2 N–H and O–H groups in total. The van der Waals surface area contributed by atoms with Gasteiger partial charge in [0.2, 0.25) is 0 Å². The zero-order chi connectivity index (χ0) is 15.4. The van der Waals surface area contributed by atoms with Gasteiger partial charge < -0.3 is 5.73 Å². The van der Waals surface area contributed by atoms with Crippen molar-refractivity contribution in [3.05, 3.63) is 35.4 Å². The van der Waals surface area contributed by atoms with Crippen LogP contribution in [0.1, 0.15) is 70.4 Å². The maximum atomic E-state index is 6.50. The summed E-state index contributed by atoms with van der Waals surface area (Å²) in [7, 11) is 0. The van der Waals surface area contributed by atoms with Crippen LogP contribution in [0.2, 0.25) is 0 Å². The lowest BCUT2D eigenvalue weighted by Gasteiger charge is -2.34. The monoisotopic (exact) mass is 287 g/mol. The molecule has 1 nitrogen and oxygen atoms in total. The fraction of sp³-hybridized carbons (Fsp3) is 0.700. The van der Waals surface area contributed by atoms with E-state index in [4.69, 9.17) is 5.73 Å². The van der Waals surface area contributed by atoms with Gasteiger partial charge in [0.05, 0.1) is 0 Å². The van der Waals surface area contributed by atoms with E-state index in [1.54, 1.807) is 0 Å². The van der Waals surface area contributed by atoms with Gasteiger partial charge in [-0.05, 0) is 66.9 Å². The van der Waals surface area contributed by atoms with Crippen molar-refractivity contribution in [3.8, 4) is 0 Å². The molecule has 1 atom stereocenters. The SMILES string of the molecule is CC(C)c1ccc(CC(N)C2CCC(C(C)C)CC2)cc1. The van der Waals surface area contributed by atoms with E-state index in [0.717, 1.165) is 24.2 Å². The van der Waals surface area contributed by atoms with Gasteiger partial charge in [0.15, 0.2) is 0 Å². The van der Waals surface area contributed by atoms with Gasteiger partial charge in [-0.3, -0.25) is 0 Å². The van der Waals surface area contributed by atoms with E-state index in [-0.39, 0.29) is 0 Å². The van der Waals surface area contributed by atoms with E-state index in [2.05, 4.69) is 52.0 Å². The summed E-state index contributed by atoms with van der Waals surface area (Å²) >= 11 is 0. The number of nitrogens with two attached hydrogens (primary N) is 1. The normalized spacial score (nSPS) is 24.5. The molecule has 1 aliphatic rings. The molecule has 0 aliphatic heterocycles. The molecule has 1 heteroatoms. The van der Waals surface area contributed by atoms with E-state index in [1.807, 2.05) is 0 Å². The minimum atomic E-state index is 0.336. The Morgan fingerprint density at radius 1 is 0.905 bits per heavy atom. The molecule has 0 heterocycles. The van der Waals surface area contributed by atoms with Gasteiger partial charge >= 0.3 is 0 Å². The summed E-state index contributed by atoms with van der Waals surface area (Å²) in [5.41, 5.74) is 9.32. The molecular weight excluding hydrogens is 254 g/mol. The zero-order valence-electron chi connectivity index (χ0n) is 14.3. The van der Waals surface area contributed by atoms with Gasteiger partial charge in [-0.2, -0.15) is 0 Å². The summed E-state index contributed by atoms with van der Waals surface area (Å²) in [5, 5.41) is 0. The summed E-state index contributed by atoms with van der Waals surface area (Å²) in [6.45, 7) is 9.21. The van der Waals surface area contributed by atoms with Gasteiger partial charge in [-0.1, -0.05) is 52.0 Å². The van der Waals surface area contributed by atoms with Crippen LogP contribution in [0, 0.1) is 17.8 Å². The Hall–Kier alpha value is -0.820. The van der Waals surface area contributed by atoms with Crippen LogP contribution in [0.15, 0.2) is 24.3 Å². The molecule has 1 aliphatic carbocycles. The van der Waals surface area contributed by atoms with Gasteiger partial charge in [0, 0.05) is 6.04 Å². The van der Waals surface area contributed by atoms with E-state index >= 15 is 0 Å². The zero-order valence-corrected chi connectivity index (χ0v) is 14.3. The first-order chi connectivity index (χ1) is 9.97. The van der Waals surface area contributed by atoms with Crippen molar-refractivity contribution in [2.24, 2.45) is 23.5 Å². The maximum Gasteiger partial charge on any atom is 0.0108 e. The van der Waals surface area contributed by atoms with Crippen LogP contribution in [-0.2, 0) is 6.42 Å². The summed E-state index contributed by atoms with van der Waals surface area (Å²) < 4.78 is 0. The van der Waals surface area contributed by atoms with Crippen molar-refractivity contribution < 1.29 is 0 Å². The fourth-order valence-corrected chi connectivity index (χ4v) is 3.72. The van der Waals surface area contributed by atoms with Gasteiger partial charge in [-0.15, -0.1) is 0 Å². The molecule has 1 unspecified atom stereocenters. The van der Waals surface area contributed by atoms with E-state index in [1.165, 1.54) is 36.8 Å². The largest absolute Gasteiger partial charge is 0.327 e. The molecule has 1 aromatic carbocycles. The van der Waals surface area contributed by atoms with E-state index < -0.39 is 0 Å². The molecule has 1 fully saturated rings. The third kappa shape index (κ3) is 4.57. The van der Waals surface area contributed by atoms with Crippen LogP contribution < -0.4 is 5.73 Å². The Labute approximate surface area is 131 Å². The first kappa shape index (κ1) is 16.5. The number of benzene rings is 1. The molecule has 0 saturated heterocycles. The molecule has 0 radical (unpaired) electrons. The van der Waals surface area contributed by atoms with Crippen LogP contribution in [-0.4, -0.2) is 6.04 Å². The second-order valence-corrected chi connectivity index (χ2v) is 7.68. The maximum absolute atomic E-state index is 6.50. The Morgan fingerprint density at radius 2 is 1.43 bits per heavy atom. The highest BCUT2D eigenvalue weighted by Gasteiger charge is 2.26. The predicted octanol–water partition coefficient (Wildman–Crippen LogP) is 5.14. The topological polar surface area (TPSA) is 26.0 Å².